The van der Waals surface area contributed by atoms with Gasteiger partial charge in [0.2, 0.25) is 5.95 Å². The molecule has 226 valence electrons. The summed E-state index contributed by atoms with van der Waals surface area (Å²) in [6.07, 6.45) is 5.90. The molecule has 1 amide bonds. The van der Waals surface area contributed by atoms with Gasteiger partial charge in [-0.25, -0.2) is 4.98 Å². The summed E-state index contributed by atoms with van der Waals surface area (Å²) >= 11 is 0. The summed E-state index contributed by atoms with van der Waals surface area (Å²) in [5.74, 6) is 2.56. The van der Waals surface area contributed by atoms with Gasteiger partial charge in [0.15, 0.2) is 0 Å². The largest absolute Gasteiger partial charge is 0.490 e. The number of ether oxygens (including phenoxy) is 2. The highest BCUT2D eigenvalue weighted by Gasteiger charge is 2.30. The number of anilines is 2. The molecule has 1 aromatic heterocycles. The van der Waals surface area contributed by atoms with Crippen molar-refractivity contribution in [2.75, 3.05) is 49.3 Å². The molecule has 2 unspecified atom stereocenters. The standard InChI is InChI=1S/C30H41N7O4S/c1-19(31)25(18-32-3)20(2)33-29(38)21-4-6-23(7-5-21)41-24-8-13-37(14-9-24)30-35-26-12-17-42(39)27(26)28(36-30)34-22-10-15-40-16-11-22/h4-7,18,20,22,24H,8-17,31H2,1-3H3,(H,33,38)(H,34,35,36). The minimum Gasteiger partial charge on any atom is -0.490 e. The minimum atomic E-state index is -1.06. The predicted molar refractivity (Wildman–Crippen MR) is 165 cm³/mol. The Balaban J connectivity index is 1.17. The lowest BCUT2D eigenvalue weighted by Gasteiger charge is -2.33. The van der Waals surface area contributed by atoms with Gasteiger partial charge in [0.25, 0.3) is 5.91 Å². The molecule has 2 saturated heterocycles. The molecule has 2 atom stereocenters. The van der Waals surface area contributed by atoms with E-state index in [9.17, 15) is 9.00 Å². The first-order chi connectivity index (χ1) is 20.3. The monoisotopic (exact) mass is 595 g/mol. The molecule has 0 aliphatic carbocycles. The van der Waals surface area contributed by atoms with E-state index in [1.54, 1.807) is 32.3 Å². The Kier molecular flexibility index (Phi) is 9.73. The molecule has 5 rings (SSSR count). The van der Waals surface area contributed by atoms with Crippen molar-refractivity contribution < 1.29 is 18.5 Å². The molecule has 0 spiro atoms. The number of aryl methyl sites for hydroxylation is 1. The fourth-order valence-electron chi connectivity index (χ4n) is 5.56. The summed E-state index contributed by atoms with van der Waals surface area (Å²) in [7, 11) is 0.611. The third kappa shape index (κ3) is 7.09. The first kappa shape index (κ1) is 30.0. The van der Waals surface area contributed by atoms with Gasteiger partial charge in [-0.3, -0.25) is 14.0 Å². The van der Waals surface area contributed by atoms with Crippen LogP contribution in [0.5, 0.6) is 5.75 Å². The highest BCUT2D eigenvalue weighted by molar-refractivity contribution is 7.85. The second-order valence-corrected chi connectivity index (χ2v) is 12.5. The van der Waals surface area contributed by atoms with Crippen LogP contribution in [0.4, 0.5) is 11.8 Å². The zero-order chi connectivity index (χ0) is 29.6. The third-order valence-corrected chi connectivity index (χ3v) is 9.38. The highest BCUT2D eigenvalue weighted by atomic mass is 32.2. The number of allylic oxidation sites excluding steroid dienone is 1. The normalized spacial score (nSPS) is 21.1. The van der Waals surface area contributed by atoms with E-state index < -0.39 is 10.8 Å². The molecular formula is C30H41N7O4S. The van der Waals surface area contributed by atoms with E-state index in [1.165, 1.54) is 0 Å². The number of aromatic nitrogens is 2. The summed E-state index contributed by atoms with van der Waals surface area (Å²) in [5, 5.41) is 6.53. The molecule has 12 heteroatoms. The number of nitrogens with two attached hydrogens (primary N) is 1. The Labute approximate surface area is 249 Å². The number of amides is 1. The van der Waals surface area contributed by atoms with Gasteiger partial charge in [-0.15, -0.1) is 0 Å². The molecule has 4 heterocycles. The third-order valence-electron chi connectivity index (χ3n) is 7.92. The van der Waals surface area contributed by atoms with Crippen LogP contribution < -0.4 is 26.0 Å². The van der Waals surface area contributed by atoms with Crippen LogP contribution >= 0.6 is 0 Å². The predicted octanol–water partition coefficient (Wildman–Crippen LogP) is 2.83. The molecule has 2 fully saturated rings. The summed E-state index contributed by atoms with van der Waals surface area (Å²) in [6.45, 7) is 6.66. The zero-order valence-corrected chi connectivity index (χ0v) is 25.4. The van der Waals surface area contributed by atoms with Gasteiger partial charge < -0.3 is 30.7 Å². The fraction of sp³-hybridized carbons (Fsp3) is 0.533. The van der Waals surface area contributed by atoms with Crippen LogP contribution in [-0.2, 0) is 22.0 Å². The number of carbonyl (C=O) groups is 1. The molecule has 11 nitrogen and oxygen atoms in total. The molecule has 0 radical (unpaired) electrons. The Morgan fingerprint density at radius 2 is 1.90 bits per heavy atom. The van der Waals surface area contributed by atoms with E-state index in [0.29, 0.717) is 29.4 Å². The first-order valence-corrected chi connectivity index (χ1v) is 16.0. The Bertz CT molecular complexity index is 1350. The second kappa shape index (κ2) is 13.6. The first-order valence-electron chi connectivity index (χ1n) is 14.7. The van der Waals surface area contributed by atoms with Crippen LogP contribution in [0.15, 0.2) is 45.4 Å². The van der Waals surface area contributed by atoms with E-state index >= 15 is 0 Å². The maximum Gasteiger partial charge on any atom is 0.251 e. The molecule has 1 aromatic carbocycles. The Morgan fingerprint density at radius 3 is 2.57 bits per heavy atom. The maximum absolute atomic E-state index is 12.8. The van der Waals surface area contributed by atoms with Crippen LogP contribution in [0.25, 0.3) is 0 Å². The maximum atomic E-state index is 12.8. The van der Waals surface area contributed by atoms with Gasteiger partial charge in [0.05, 0.1) is 22.5 Å². The van der Waals surface area contributed by atoms with E-state index in [4.69, 9.17) is 25.2 Å². The quantitative estimate of drug-likeness (QED) is 0.373. The minimum absolute atomic E-state index is 0.0521. The highest BCUT2D eigenvalue weighted by Crippen LogP contribution is 2.32. The molecule has 4 N–H and O–H groups in total. The molecule has 3 aliphatic heterocycles. The van der Waals surface area contributed by atoms with Crippen molar-refractivity contribution >= 4 is 34.7 Å². The number of piperidine rings is 1. The van der Waals surface area contributed by atoms with Crippen LogP contribution in [-0.4, -0.2) is 83.6 Å². The van der Waals surface area contributed by atoms with Crippen molar-refractivity contribution in [3.8, 4) is 5.75 Å². The van der Waals surface area contributed by atoms with Gasteiger partial charge >= 0.3 is 0 Å². The molecule has 3 aliphatic rings. The molecule has 42 heavy (non-hydrogen) atoms. The van der Waals surface area contributed by atoms with Crippen LogP contribution in [0.3, 0.4) is 0 Å². The number of fused-ring (bicyclic) bond motifs is 1. The van der Waals surface area contributed by atoms with Crippen molar-refractivity contribution in [3.63, 3.8) is 0 Å². The van der Waals surface area contributed by atoms with E-state index in [-0.39, 0.29) is 24.1 Å². The summed E-state index contributed by atoms with van der Waals surface area (Å²) in [4.78, 5) is 29.5. The molecule has 2 aromatic rings. The topological polar surface area (TPSA) is 144 Å². The Hall–Kier alpha value is -3.51. The molecule has 0 saturated carbocycles. The van der Waals surface area contributed by atoms with Gasteiger partial charge in [-0.1, -0.05) is 0 Å². The smallest absolute Gasteiger partial charge is 0.251 e. The summed E-state index contributed by atoms with van der Waals surface area (Å²) in [6, 6.07) is 7.22. The van der Waals surface area contributed by atoms with Crippen molar-refractivity contribution in [2.24, 2.45) is 10.7 Å². The van der Waals surface area contributed by atoms with Gasteiger partial charge in [0, 0.05) is 87.5 Å². The van der Waals surface area contributed by atoms with Crippen molar-refractivity contribution in [1.82, 2.24) is 15.3 Å². The average molecular weight is 596 g/mol. The number of hydrogen-bond donors (Lipinski definition) is 3. The van der Waals surface area contributed by atoms with Crippen molar-refractivity contribution in [1.29, 1.82) is 0 Å². The number of carbonyl (C=O) groups excluding carboxylic acids is 1. The lowest BCUT2D eigenvalue weighted by molar-refractivity contribution is 0.0903. The molecule has 0 bridgehead atoms. The second-order valence-electron chi connectivity index (χ2n) is 11.0. The van der Waals surface area contributed by atoms with Crippen molar-refractivity contribution in [3.05, 3.63) is 46.8 Å². The van der Waals surface area contributed by atoms with E-state index in [0.717, 1.165) is 79.7 Å². The van der Waals surface area contributed by atoms with Gasteiger partial charge in [-0.2, -0.15) is 4.98 Å². The number of hydrogen-bond acceptors (Lipinski definition) is 10. The lowest BCUT2D eigenvalue weighted by Crippen LogP contribution is -2.39. The van der Waals surface area contributed by atoms with Gasteiger partial charge in [0.1, 0.15) is 22.6 Å². The lowest BCUT2D eigenvalue weighted by atomic mass is 10.1. The molecular weight excluding hydrogens is 554 g/mol. The number of aliphatic imine (C=N–C) groups is 1. The van der Waals surface area contributed by atoms with Crippen molar-refractivity contribution in [2.45, 2.75) is 69.0 Å². The van der Waals surface area contributed by atoms with Crippen LogP contribution in [0.2, 0.25) is 0 Å². The van der Waals surface area contributed by atoms with Gasteiger partial charge in [-0.05, 0) is 51.0 Å². The van der Waals surface area contributed by atoms with Crippen LogP contribution in [0.1, 0.15) is 55.6 Å². The van der Waals surface area contributed by atoms with Crippen LogP contribution in [0, 0.1) is 0 Å². The number of nitrogens with one attached hydrogen (secondary N) is 2. The number of nitrogens with zero attached hydrogens (tertiary/aromatic N) is 4. The number of benzene rings is 1. The van der Waals surface area contributed by atoms with E-state index in [1.807, 2.05) is 19.1 Å². The summed E-state index contributed by atoms with van der Waals surface area (Å²) < 4.78 is 24.5. The SMILES string of the molecule is CN=CC(=C(C)N)C(C)NC(=O)c1ccc(OC2CCN(c3nc4c(c(NC5CCOCC5)n3)S(=O)CC4)CC2)cc1. The number of rotatable bonds is 9. The summed E-state index contributed by atoms with van der Waals surface area (Å²) in [5.41, 5.74) is 8.79. The fourth-order valence-corrected chi connectivity index (χ4v) is 6.88. The zero-order valence-electron chi connectivity index (χ0n) is 24.6. The van der Waals surface area contributed by atoms with E-state index in [2.05, 4.69) is 20.5 Å². The average Bonchev–Trinajstić information content (AvgIpc) is 3.37. The Morgan fingerprint density at radius 1 is 1.19 bits per heavy atom.